The molecule has 1 heterocycles. The van der Waals surface area contributed by atoms with Gasteiger partial charge < -0.3 is 10.1 Å². The van der Waals surface area contributed by atoms with Gasteiger partial charge in [-0.1, -0.05) is 37.1 Å². The van der Waals surface area contributed by atoms with E-state index in [0.29, 0.717) is 23.6 Å². The maximum atomic E-state index is 12.9. The van der Waals surface area contributed by atoms with Crippen LogP contribution in [0.1, 0.15) is 48.5 Å². The number of hydrogen-bond donors (Lipinski definition) is 2. The molecule has 154 valence electrons. The van der Waals surface area contributed by atoms with Crippen molar-refractivity contribution in [2.75, 3.05) is 11.9 Å². The molecule has 0 bridgehead atoms. The maximum absolute atomic E-state index is 12.9. The van der Waals surface area contributed by atoms with Crippen LogP contribution >= 0.6 is 11.6 Å². The molecule has 2 aromatic rings. The number of halogens is 1. The lowest BCUT2D eigenvalue weighted by Crippen LogP contribution is -2.57. The number of nitrogens with one attached hydrogen (secondary N) is 2. The van der Waals surface area contributed by atoms with Crippen molar-refractivity contribution in [1.82, 2.24) is 10.4 Å². The SMILES string of the molecule is CCCC1Nc2ccccc2C(=O)N1NC(=O)CCCOc1ccc(Cl)cc1C. The first-order valence-electron chi connectivity index (χ1n) is 9.87. The molecule has 0 saturated heterocycles. The van der Waals surface area contributed by atoms with Crippen molar-refractivity contribution in [3.05, 3.63) is 58.6 Å². The van der Waals surface area contributed by atoms with E-state index in [9.17, 15) is 9.59 Å². The van der Waals surface area contributed by atoms with E-state index in [-0.39, 0.29) is 24.4 Å². The molecule has 0 fully saturated rings. The highest BCUT2D eigenvalue weighted by molar-refractivity contribution is 6.30. The minimum atomic E-state index is -0.265. The van der Waals surface area contributed by atoms with Gasteiger partial charge in [-0.25, -0.2) is 5.01 Å². The Hall–Kier alpha value is -2.73. The van der Waals surface area contributed by atoms with Crippen molar-refractivity contribution in [2.45, 2.75) is 45.7 Å². The summed E-state index contributed by atoms with van der Waals surface area (Å²) >= 11 is 5.94. The fourth-order valence-corrected chi connectivity index (χ4v) is 3.52. The molecule has 1 atom stereocenters. The summed E-state index contributed by atoms with van der Waals surface area (Å²) in [6, 6.07) is 12.8. The van der Waals surface area contributed by atoms with Gasteiger partial charge in [0.1, 0.15) is 11.9 Å². The number of para-hydroxylation sites is 1. The van der Waals surface area contributed by atoms with E-state index >= 15 is 0 Å². The number of ether oxygens (including phenoxy) is 1. The van der Waals surface area contributed by atoms with Gasteiger partial charge in [-0.2, -0.15) is 0 Å². The van der Waals surface area contributed by atoms with Crippen LogP contribution in [-0.4, -0.2) is 29.6 Å². The Morgan fingerprint density at radius 1 is 1.28 bits per heavy atom. The van der Waals surface area contributed by atoms with Crippen molar-refractivity contribution in [3.63, 3.8) is 0 Å². The number of nitrogens with zero attached hydrogens (tertiary/aromatic N) is 1. The van der Waals surface area contributed by atoms with Crippen LogP contribution in [0.4, 0.5) is 5.69 Å². The average molecular weight is 416 g/mol. The minimum absolute atomic E-state index is 0.195. The fraction of sp³-hybridized carbons (Fsp3) is 0.364. The first-order valence-corrected chi connectivity index (χ1v) is 10.2. The second-order valence-corrected chi connectivity index (χ2v) is 7.50. The van der Waals surface area contributed by atoms with Crippen LogP contribution in [0.2, 0.25) is 5.02 Å². The van der Waals surface area contributed by atoms with E-state index in [4.69, 9.17) is 16.3 Å². The van der Waals surface area contributed by atoms with Gasteiger partial charge in [0, 0.05) is 17.1 Å². The molecule has 7 heteroatoms. The van der Waals surface area contributed by atoms with Crippen molar-refractivity contribution in [1.29, 1.82) is 0 Å². The zero-order valence-corrected chi connectivity index (χ0v) is 17.5. The molecule has 6 nitrogen and oxygen atoms in total. The summed E-state index contributed by atoms with van der Waals surface area (Å²) in [5, 5.41) is 5.42. The number of hydrogen-bond acceptors (Lipinski definition) is 4. The van der Waals surface area contributed by atoms with E-state index < -0.39 is 0 Å². The third-order valence-electron chi connectivity index (χ3n) is 4.76. The molecule has 1 unspecified atom stereocenters. The summed E-state index contributed by atoms with van der Waals surface area (Å²) in [5.41, 5.74) is 5.08. The molecule has 0 radical (unpaired) electrons. The Balaban J connectivity index is 1.54. The van der Waals surface area contributed by atoms with Gasteiger partial charge in [0.25, 0.3) is 5.91 Å². The second kappa shape index (κ2) is 9.65. The van der Waals surface area contributed by atoms with Gasteiger partial charge in [-0.05, 0) is 55.7 Å². The largest absolute Gasteiger partial charge is 0.493 e. The Bertz CT molecular complexity index is 887. The number of carbonyl (C=O) groups excluding carboxylic acids is 2. The van der Waals surface area contributed by atoms with E-state index in [0.717, 1.165) is 29.8 Å². The number of anilines is 1. The van der Waals surface area contributed by atoms with Crippen molar-refractivity contribution < 1.29 is 14.3 Å². The topological polar surface area (TPSA) is 70.7 Å². The second-order valence-electron chi connectivity index (χ2n) is 7.07. The van der Waals surface area contributed by atoms with E-state index in [2.05, 4.69) is 10.7 Å². The molecular weight excluding hydrogens is 390 g/mol. The first kappa shape index (κ1) is 21.0. The standard InChI is InChI=1S/C22H26ClN3O3/c1-3-7-20-24-18-9-5-4-8-17(18)22(28)26(20)25-21(27)10-6-13-29-19-12-11-16(23)14-15(19)2/h4-5,8-9,11-12,14,20,24H,3,6-7,10,13H2,1-2H3,(H,25,27). The summed E-state index contributed by atoms with van der Waals surface area (Å²) in [5.74, 6) is 0.348. The predicted molar refractivity (Wildman–Crippen MR) is 114 cm³/mol. The van der Waals surface area contributed by atoms with Crippen LogP contribution in [0, 0.1) is 6.92 Å². The summed E-state index contributed by atoms with van der Waals surface area (Å²) < 4.78 is 5.73. The van der Waals surface area contributed by atoms with Gasteiger partial charge in [0.2, 0.25) is 5.91 Å². The molecule has 0 saturated carbocycles. The Morgan fingerprint density at radius 3 is 2.83 bits per heavy atom. The smallest absolute Gasteiger partial charge is 0.276 e. The highest BCUT2D eigenvalue weighted by Crippen LogP contribution is 2.26. The molecular formula is C22H26ClN3O3. The third-order valence-corrected chi connectivity index (χ3v) is 5.00. The lowest BCUT2D eigenvalue weighted by molar-refractivity contribution is -0.126. The van der Waals surface area contributed by atoms with Crippen LogP contribution in [0.3, 0.4) is 0 Å². The summed E-state index contributed by atoms with van der Waals surface area (Å²) in [4.78, 5) is 25.3. The van der Waals surface area contributed by atoms with Gasteiger partial charge in [0.15, 0.2) is 0 Å². The number of benzene rings is 2. The third kappa shape index (κ3) is 5.21. The van der Waals surface area contributed by atoms with Gasteiger partial charge >= 0.3 is 0 Å². The summed E-state index contributed by atoms with van der Waals surface area (Å²) in [7, 11) is 0. The highest BCUT2D eigenvalue weighted by atomic mass is 35.5. The fourth-order valence-electron chi connectivity index (χ4n) is 3.29. The minimum Gasteiger partial charge on any atom is -0.493 e. The quantitative estimate of drug-likeness (QED) is 0.621. The zero-order chi connectivity index (χ0) is 20.8. The van der Waals surface area contributed by atoms with Crippen molar-refractivity contribution in [2.24, 2.45) is 0 Å². The van der Waals surface area contributed by atoms with Crippen LogP contribution in [0.25, 0.3) is 0 Å². The monoisotopic (exact) mass is 415 g/mol. The molecule has 0 aromatic heterocycles. The lowest BCUT2D eigenvalue weighted by atomic mass is 10.1. The van der Waals surface area contributed by atoms with Gasteiger partial charge in [0.05, 0.1) is 12.2 Å². The predicted octanol–water partition coefficient (Wildman–Crippen LogP) is 4.53. The number of amides is 2. The highest BCUT2D eigenvalue weighted by Gasteiger charge is 2.32. The molecule has 0 spiro atoms. The molecule has 2 N–H and O–H groups in total. The van der Waals surface area contributed by atoms with Crippen molar-refractivity contribution >= 4 is 29.1 Å². The normalized spacial score (nSPS) is 15.5. The number of rotatable bonds is 8. The number of carbonyl (C=O) groups is 2. The molecule has 1 aliphatic heterocycles. The maximum Gasteiger partial charge on any atom is 0.276 e. The summed E-state index contributed by atoms with van der Waals surface area (Å²) in [6.45, 7) is 4.38. The van der Waals surface area contributed by atoms with Crippen molar-refractivity contribution in [3.8, 4) is 5.75 Å². The molecule has 2 amide bonds. The number of hydrazine groups is 1. The van der Waals surface area contributed by atoms with E-state index in [1.54, 1.807) is 12.1 Å². The van der Waals surface area contributed by atoms with E-state index in [1.165, 1.54) is 5.01 Å². The Labute approximate surface area is 176 Å². The van der Waals surface area contributed by atoms with E-state index in [1.807, 2.05) is 44.2 Å². The molecule has 1 aliphatic rings. The summed E-state index contributed by atoms with van der Waals surface area (Å²) in [6.07, 6.45) is 2.15. The molecule has 3 rings (SSSR count). The first-order chi connectivity index (χ1) is 14.0. The Morgan fingerprint density at radius 2 is 2.07 bits per heavy atom. The van der Waals surface area contributed by atoms with Gasteiger partial charge in [-0.15, -0.1) is 0 Å². The number of fused-ring (bicyclic) bond motifs is 1. The lowest BCUT2D eigenvalue weighted by Gasteiger charge is -2.37. The molecule has 29 heavy (non-hydrogen) atoms. The van der Waals surface area contributed by atoms with Crippen LogP contribution < -0.4 is 15.5 Å². The zero-order valence-electron chi connectivity index (χ0n) is 16.7. The molecule has 0 aliphatic carbocycles. The van der Waals surface area contributed by atoms with Crippen LogP contribution in [-0.2, 0) is 4.79 Å². The average Bonchev–Trinajstić information content (AvgIpc) is 2.70. The molecule has 2 aromatic carbocycles. The van der Waals surface area contributed by atoms with Crippen LogP contribution in [0.15, 0.2) is 42.5 Å². The number of aryl methyl sites for hydroxylation is 1. The van der Waals surface area contributed by atoms with Gasteiger partial charge in [-0.3, -0.25) is 15.0 Å². The Kier molecular flexibility index (Phi) is 6.99. The van der Waals surface area contributed by atoms with Crippen LogP contribution in [0.5, 0.6) is 5.75 Å².